The molecule has 2 N–H and O–H groups in total. The minimum Gasteiger partial charge on any atom is -0.336 e. The lowest BCUT2D eigenvalue weighted by Crippen LogP contribution is -2.42. The van der Waals surface area contributed by atoms with Crippen LogP contribution in [-0.2, 0) is 16.6 Å². The van der Waals surface area contributed by atoms with E-state index in [0.29, 0.717) is 49.5 Å². The summed E-state index contributed by atoms with van der Waals surface area (Å²) in [7, 11) is -3.67. The predicted octanol–water partition coefficient (Wildman–Crippen LogP) is 2.03. The number of aromatic nitrogens is 2. The second kappa shape index (κ2) is 9.52. The molecule has 4 rings (SSSR count). The van der Waals surface area contributed by atoms with Gasteiger partial charge in [0.05, 0.1) is 23.3 Å². The molecule has 0 saturated carbocycles. The third kappa shape index (κ3) is 5.03. The number of sulfonamides is 1. The van der Waals surface area contributed by atoms with Crippen molar-refractivity contribution in [2.24, 2.45) is 0 Å². The molecule has 1 aromatic heterocycles. The fourth-order valence-corrected chi connectivity index (χ4v) is 5.99. The van der Waals surface area contributed by atoms with Crippen molar-refractivity contribution in [2.45, 2.75) is 50.6 Å². The maximum atomic E-state index is 13.2. The molecule has 2 aromatic rings. The highest BCUT2D eigenvalue weighted by Crippen LogP contribution is 2.26. The van der Waals surface area contributed by atoms with Crippen LogP contribution in [0.2, 0.25) is 0 Å². The van der Waals surface area contributed by atoms with E-state index in [1.165, 1.54) is 16.6 Å². The summed E-state index contributed by atoms with van der Waals surface area (Å²) in [4.78, 5) is 26.4. The monoisotopic (exact) mass is 474 g/mol. The molecule has 178 valence electrons. The Kier molecular flexibility index (Phi) is 6.71. The number of benzene rings is 1. The zero-order valence-corrected chi connectivity index (χ0v) is 19.8. The summed E-state index contributed by atoms with van der Waals surface area (Å²) < 4.78 is 29.6. The van der Waals surface area contributed by atoms with Crippen molar-refractivity contribution in [1.82, 2.24) is 24.3 Å². The van der Waals surface area contributed by atoms with E-state index in [1.54, 1.807) is 34.8 Å². The fraction of sp³-hybridized carbons (Fsp3) is 0.500. The highest BCUT2D eigenvalue weighted by Gasteiger charge is 2.31. The number of aryl methyl sites for hydroxylation is 1. The van der Waals surface area contributed by atoms with Gasteiger partial charge in [0.15, 0.2) is 0 Å². The molecular weight excluding hydrogens is 444 g/mol. The number of carbonyl (C=O) groups is 2. The molecule has 0 radical (unpaired) electrons. The van der Waals surface area contributed by atoms with Crippen LogP contribution in [0.3, 0.4) is 0 Å². The van der Waals surface area contributed by atoms with Gasteiger partial charge in [-0.05, 0) is 44.4 Å². The maximum absolute atomic E-state index is 13.2. The summed E-state index contributed by atoms with van der Waals surface area (Å²) in [6.45, 7) is 6.53. The Morgan fingerprint density at radius 1 is 1.24 bits per heavy atom. The van der Waals surface area contributed by atoms with Crippen LogP contribution < -0.4 is 10.6 Å². The molecule has 2 fully saturated rings. The Hall–Kier alpha value is -2.92. The van der Waals surface area contributed by atoms with Crippen molar-refractivity contribution >= 4 is 27.6 Å². The van der Waals surface area contributed by atoms with Crippen LogP contribution in [0.15, 0.2) is 35.5 Å². The van der Waals surface area contributed by atoms with E-state index in [1.807, 2.05) is 6.92 Å². The van der Waals surface area contributed by atoms with Gasteiger partial charge in [-0.1, -0.05) is 12.5 Å². The average Bonchev–Trinajstić information content (AvgIpc) is 3.40. The SMILES string of the molecule is Cc1ccc(S(=O)(=O)N2CCCC[C@H]2C)cc1C(=O)Nc1cnn(CCN2CCNC2=O)c1. The van der Waals surface area contributed by atoms with Crippen molar-refractivity contribution in [1.29, 1.82) is 0 Å². The largest absolute Gasteiger partial charge is 0.336 e. The maximum Gasteiger partial charge on any atom is 0.317 e. The molecule has 1 aromatic carbocycles. The topological polar surface area (TPSA) is 117 Å². The first-order valence-corrected chi connectivity index (χ1v) is 12.7. The molecule has 0 bridgehead atoms. The standard InChI is InChI=1S/C22H30N6O4S/c1-16-6-7-19(33(31,32)28-9-4-3-5-17(28)2)13-20(16)21(29)25-18-14-24-27(15-18)12-11-26-10-8-23-22(26)30/h6-7,13-15,17H,3-5,8-12H2,1-2H3,(H,23,30)(H,25,29)/t17-/m1/s1. The molecule has 3 amide bonds. The molecule has 33 heavy (non-hydrogen) atoms. The first-order valence-electron chi connectivity index (χ1n) is 11.2. The molecule has 2 aliphatic heterocycles. The number of urea groups is 1. The van der Waals surface area contributed by atoms with Crippen molar-refractivity contribution in [3.8, 4) is 0 Å². The third-order valence-electron chi connectivity index (χ3n) is 6.24. The third-order valence-corrected chi connectivity index (χ3v) is 8.25. The van der Waals surface area contributed by atoms with E-state index in [-0.39, 0.29) is 17.0 Å². The molecule has 0 unspecified atom stereocenters. The zero-order valence-electron chi connectivity index (χ0n) is 19.0. The summed E-state index contributed by atoms with van der Waals surface area (Å²) in [5.41, 5.74) is 1.50. The van der Waals surface area contributed by atoms with Gasteiger partial charge in [0, 0.05) is 44.0 Å². The van der Waals surface area contributed by atoms with Crippen LogP contribution in [0.4, 0.5) is 10.5 Å². The second-order valence-electron chi connectivity index (χ2n) is 8.60. The number of piperidine rings is 1. The number of rotatable bonds is 7. The van der Waals surface area contributed by atoms with Crippen LogP contribution in [-0.4, -0.2) is 71.6 Å². The van der Waals surface area contributed by atoms with Crippen LogP contribution in [0.1, 0.15) is 42.1 Å². The Morgan fingerprint density at radius 2 is 2.06 bits per heavy atom. The molecule has 2 saturated heterocycles. The summed E-state index contributed by atoms with van der Waals surface area (Å²) in [5, 5.41) is 9.79. The van der Waals surface area contributed by atoms with Crippen molar-refractivity contribution in [3.05, 3.63) is 41.7 Å². The summed E-state index contributed by atoms with van der Waals surface area (Å²) >= 11 is 0. The lowest BCUT2D eigenvalue weighted by Gasteiger charge is -2.32. The number of nitrogens with one attached hydrogen (secondary N) is 2. The number of carbonyl (C=O) groups excluding carboxylic acids is 2. The van der Waals surface area contributed by atoms with Gasteiger partial charge in [0.2, 0.25) is 10.0 Å². The van der Waals surface area contributed by atoms with Crippen molar-refractivity contribution in [3.63, 3.8) is 0 Å². The number of anilines is 1. The normalized spacial score (nSPS) is 19.5. The molecule has 11 heteroatoms. The van der Waals surface area contributed by atoms with E-state index in [9.17, 15) is 18.0 Å². The van der Waals surface area contributed by atoms with E-state index >= 15 is 0 Å². The van der Waals surface area contributed by atoms with E-state index < -0.39 is 15.9 Å². The van der Waals surface area contributed by atoms with Gasteiger partial charge in [0.25, 0.3) is 5.91 Å². The average molecular weight is 475 g/mol. The smallest absolute Gasteiger partial charge is 0.317 e. The van der Waals surface area contributed by atoms with Crippen LogP contribution >= 0.6 is 0 Å². The van der Waals surface area contributed by atoms with Gasteiger partial charge in [-0.2, -0.15) is 9.40 Å². The predicted molar refractivity (Wildman–Crippen MR) is 124 cm³/mol. The highest BCUT2D eigenvalue weighted by atomic mass is 32.2. The molecule has 2 aliphatic rings. The molecule has 0 aliphatic carbocycles. The Labute approximate surface area is 194 Å². The van der Waals surface area contributed by atoms with E-state index in [2.05, 4.69) is 15.7 Å². The molecule has 3 heterocycles. The first-order chi connectivity index (χ1) is 15.8. The molecule has 0 spiro atoms. The minimum absolute atomic E-state index is 0.0557. The zero-order chi connectivity index (χ0) is 23.6. The number of nitrogens with zero attached hydrogens (tertiary/aromatic N) is 4. The summed E-state index contributed by atoms with van der Waals surface area (Å²) in [6, 6.07) is 4.55. The van der Waals surface area contributed by atoms with E-state index in [4.69, 9.17) is 0 Å². The Morgan fingerprint density at radius 3 is 2.79 bits per heavy atom. The van der Waals surface area contributed by atoms with Crippen LogP contribution in [0.5, 0.6) is 0 Å². The van der Waals surface area contributed by atoms with Crippen molar-refractivity contribution in [2.75, 3.05) is 31.5 Å². The van der Waals surface area contributed by atoms with E-state index in [0.717, 1.165) is 19.3 Å². The fourth-order valence-electron chi connectivity index (χ4n) is 4.27. The van der Waals surface area contributed by atoms with Gasteiger partial charge in [-0.3, -0.25) is 9.48 Å². The number of amides is 3. The highest BCUT2D eigenvalue weighted by molar-refractivity contribution is 7.89. The van der Waals surface area contributed by atoms with Crippen molar-refractivity contribution < 1.29 is 18.0 Å². The molecule has 10 nitrogen and oxygen atoms in total. The molecular formula is C22H30N6O4S. The van der Waals surface area contributed by atoms with Gasteiger partial charge in [-0.25, -0.2) is 13.2 Å². The number of hydrogen-bond acceptors (Lipinski definition) is 5. The van der Waals surface area contributed by atoms with Gasteiger partial charge >= 0.3 is 6.03 Å². The van der Waals surface area contributed by atoms with Crippen LogP contribution in [0.25, 0.3) is 0 Å². The summed E-state index contributed by atoms with van der Waals surface area (Å²) in [5.74, 6) is -0.394. The van der Waals surface area contributed by atoms with Crippen LogP contribution in [0, 0.1) is 6.92 Å². The first kappa shape index (κ1) is 23.2. The van der Waals surface area contributed by atoms with Gasteiger partial charge in [0.1, 0.15) is 0 Å². The lowest BCUT2D eigenvalue weighted by molar-refractivity contribution is 0.102. The Balaban J connectivity index is 1.45. The minimum atomic E-state index is -3.67. The number of hydrogen-bond donors (Lipinski definition) is 2. The molecule has 1 atom stereocenters. The Bertz CT molecular complexity index is 1150. The van der Waals surface area contributed by atoms with Gasteiger partial charge < -0.3 is 15.5 Å². The quantitative estimate of drug-likeness (QED) is 0.637. The second-order valence-corrected chi connectivity index (χ2v) is 10.5. The van der Waals surface area contributed by atoms with Gasteiger partial charge in [-0.15, -0.1) is 0 Å². The summed E-state index contributed by atoms with van der Waals surface area (Å²) in [6.07, 6.45) is 5.93. The lowest BCUT2D eigenvalue weighted by atomic mass is 10.1.